The number of halogens is 1. The fourth-order valence-corrected chi connectivity index (χ4v) is 4.47. The molecular weight excluding hydrogens is 395 g/mol. The zero-order valence-electron chi connectivity index (χ0n) is 15.1. The molecule has 2 aliphatic heterocycles. The van der Waals surface area contributed by atoms with Crippen molar-refractivity contribution in [3.63, 3.8) is 0 Å². The van der Waals surface area contributed by atoms with Crippen molar-refractivity contribution in [3.05, 3.63) is 69.7 Å². The number of carbonyl (C=O) groups is 1. The first-order chi connectivity index (χ1) is 14.2. The van der Waals surface area contributed by atoms with Crippen LogP contribution in [0, 0.1) is 5.82 Å². The second-order valence-electron chi connectivity index (χ2n) is 6.72. The molecule has 0 saturated carbocycles. The van der Waals surface area contributed by atoms with Gasteiger partial charge in [0.2, 0.25) is 0 Å². The Morgan fingerprint density at radius 2 is 2.17 bits per heavy atom. The van der Waals surface area contributed by atoms with Crippen LogP contribution in [0.2, 0.25) is 0 Å². The van der Waals surface area contributed by atoms with Crippen molar-refractivity contribution in [1.29, 1.82) is 0 Å². The smallest absolute Gasteiger partial charge is 0.281 e. The van der Waals surface area contributed by atoms with Gasteiger partial charge in [-0.2, -0.15) is 11.3 Å². The molecule has 1 amide bonds. The molecular formula is C21H15FN2O4S. The van der Waals surface area contributed by atoms with Crippen molar-refractivity contribution in [2.45, 2.75) is 13.2 Å². The Bertz CT molecular complexity index is 1140. The minimum atomic E-state index is -0.449. The van der Waals surface area contributed by atoms with Crippen molar-refractivity contribution in [2.24, 2.45) is 5.16 Å². The summed E-state index contributed by atoms with van der Waals surface area (Å²) in [6, 6.07) is 10.2. The van der Waals surface area contributed by atoms with E-state index in [1.54, 1.807) is 6.07 Å². The van der Waals surface area contributed by atoms with E-state index >= 15 is 0 Å². The third-order valence-electron chi connectivity index (χ3n) is 5.03. The van der Waals surface area contributed by atoms with Crippen molar-refractivity contribution in [2.75, 3.05) is 11.7 Å². The zero-order valence-corrected chi connectivity index (χ0v) is 15.9. The molecule has 0 saturated heterocycles. The summed E-state index contributed by atoms with van der Waals surface area (Å²) in [4.78, 5) is 14.5. The minimum Gasteiger partial charge on any atom is -0.467 e. The van der Waals surface area contributed by atoms with Crippen LogP contribution in [-0.4, -0.2) is 23.6 Å². The number of thiophene rings is 1. The van der Waals surface area contributed by atoms with E-state index in [-0.39, 0.29) is 25.7 Å². The lowest BCUT2D eigenvalue weighted by atomic mass is 9.99. The summed E-state index contributed by atoms with van der Waals surface area (Å²) in [7, 11) is 0. The Morgan fingerprint density at radius 1 is 1.28 bits per heavy atom. The third kappa shape index (κ3) is 2.88. The number of ether oxygens (including phenoxy) is 2. The van der Waals surface area contributed by atoms with Crippen molar-refractivity contribution < 1.29 is 23.9 Å². The van der Waals surface area contributed by atoms with E-state index in [2.05, 4.69) is 5.16 Å². The molecule has 146 valence electrons. The molecule has 0 radical (unpaired) electrons. The summed E-state index contributed by atoms with van der Waals surface area (Å²) < 4.78 is 24.9. The van der Waals surface area contributed by atoms with Gasteiger partial charge < -0.3 is 19.6 Å². The SMILES string of the molecule is O=C1/C(=N\O)c2c(-c3ccsc3)cccc2N1Cc1cc(F)cc2c1OCOC2. The molecule has 1 aromatic heterocycles. The van der Waals surface area contributed by atoms with Gasteiger partial charge in [0.25, 0.3) is 5.91 Å². The van der Waals surface area contributed by atoms with Gasteiger partial charge >= 0.3 is 0 Å². The van der Waals surface area contributed by atoms with Gasteiger partial charge in [-0.25, -0.2) is 4.39 Å². The van der Waals surface area contributed by atoms with Gasteiger partial charge in [0, 0.05) is 16.7 Å². The van der Waals surface area contributed by atoms with E-state index in [4.69, 9.17) is 9.47 Å². The van der Waals surface area contributed by atoms with Crippen LogP contribution in [0.25, 0.3) is 11.1 Å². The second kappa shape index (κ2) is 6.98. The normalized spacial score (nSPS) is 16.7. The summed E-state index contributed by atoms with van der Waals surface area (Å²) in [5.41, 5.74) is 4.01. The summed E-state index contributed by atoms with van der Waals surface area (Å²) in [6.45, 7) is 0.399. The number of benzene rings is 2. The molecule has 3 heterocycles. The number of hydrogen-bond acceptors (Lipinski definition) is 6. The summed E-state index contributed by atoms with van der Waals surface area (Å²) in [5, 5.41) is 16.8. The Morgan fingerprint density at radius 3 is 2.97 bits per heavy atom. The predicted molar refractivity (Wildman–Crippen MR) is 106 cm³/mol. The molecule has 8 heteroatoms. The van der Waals surface area contributed by atoms with Crippen LogP contribution in [0.3, 0.4) is 0 Å². The number of anilines is 1. The summed E-state index contributed by atoms with van der Waals surface area (Å²) >= 11 is 1.54. The van der Waals surface area contributed by atoms with Gasteiger partial charge in [-0.1, -0.05) is 17.3 Å². The third-order valence-corrected chi connectivity index (χ3v) is 5.71. The molecule has 1 N–H and O–H groups in total. The minimum absolute atomic E-state index is 0.0312. The van der Waals surface area contributed by atoms with E-state index in [1.807, 2.05) is 29.0 Å². The molecule has 0 aliphatic carbocycles. The fourth-order valence-electron chi connectivity index (χ4n) is 3.81. The van der Waals surface area contributed by atoms with Gasteiger partial charge in [0.15, 0.2) is 12.5 Å². The second-order valence-corrected chi connectivity index (χ2v) is 7.50. The first-order valence-electron chi connectivity index (χ1n) is 8.89. The Labute approximate surface area is 169 Å². The lowest BCUT2D eigenvalue weighted by Gasteiger charge is -2.24. The largest absolute Gasteiger partial charge is 0.467 e. The van der Waals surface area contributed by atoms with Crippen LogP contribution < -0.4 is 9.64 Å². The first-order valence-corrected chi connectivity index (χ1v) is 9.83. The zero-order chi connectivity index (χ0) is 20.0. The maximum Gasteiger partial charge on any atom is 0.281 e. The van der Waals surface area contributed by atoms with Gasteiger partial charge in [0.1, 0.15) is 11.6 Å². The highest BCUT2D eigenvalue weighted by Gasteiger charge is 2.37. The molecule has 29 heavy (non-hydrogen) atoms. The lowest BCUT2D eigenvalue weighted by molar-refractivity contribution is -0.112. The molecule has 6 nitrogen and oxygen atoms in total. The first kappa shape index (κ1) is 17.8. The number of fused-ring (bicyclic) bond motifs is 2. The van der Waals surface area contributed by atoms with Gasteiger partial charge in [-0.15, -0.1) is 0 Å². The number of carbonyl (C=O) groups excluding carboxylic acids is 1. The molecule has 0 bridgehead atoms. The molecule has 5 rings (SSSR count). The molecule has 0 fully saturated rings. The van der Waals surface area contributed by atoms with Crippen molar-refractivity contribution in [1.82, 2.24) is 0 Å². The number of oxime groups is 1. The highest BCUT2D eigenvalue weighted by atomic mass is 32.1. The number of amides is 1. The maximum absolute atomic E-state index is 14.1. The molecule has 2 aliphatic rings. The standard InChI is InChI=1S/C21H15FN2O4S/c22-15-6-13(20-14(7-15)9-27-11-28-20)8-24-17-3-1-2-16(12-4-5-29-10-12)18(17)19(23-26)21(24)25/h1-7,10,26H,8-9,11H2/b23-19-. The van der Waals surface area contributed by atoms with Crippen LogP contribution in [0.15, 0.2) is 52.3 Å². The van der Waals surface area contributed by atoms with E-state index in [0.717, 1.165) is 11.1 Å². The average molecular weight is 410 g/mol. The van der Waals surface area contributed by atoms with E-state index in [1.165, 1.54) is 28.4 Å². The average Bonchev–Trinajstić information content (AvgIpc) is 3.35. The molecule has 0 spiro atoms. The molecule has 2 aromatic carbocycles. The maximum atomic E-state index is 14.1. The molecule has 0 atom stereocenters. The van der Waals surface area contributed by atoms with Crippen molar-refractivity contribution >= 4 is 28.6 Å². The highest BCUT2D eigenvalue weighted by molar-refractivity contribution is 7.08. The highest BCUT2D eigenvalue weighted by Crippen LogP contribution is 2.40. The van der Waals surface area contributed by atoms with Crippen molar-refractivity contribution in [3.8, 4) is 16.9 Å². The van der Waals surface area contributed by atoms with Crippen LogP contribution >= 0.6 is 11.3 Å². The predicted octanol–water partition coefficient (Wildman–Crippen LogP) is 4.15. The Hall–Kier alpha value is -3.23. The van der Waals surface area contributed by atoms with E-state index in [0.29, 0.717) is 28.1 Å². The number of rotatable bonds is 3. The summed E-state index contributed by atoms with van der Waals surface area (Å²) in [5.74, 6) is -0.353. The number of nitrogens with zero attached hydrogens (tertiary/aromatic N) is 2. The Kier molecular flexibility index (Phi) is 4.30. The van der Waals surface area contributed by atoms with Gasteiger partial charge in [-0.05, 0) is 46.2 Å². The summed E-state index contributed by atoms with van der Waals surface area (Å²) in [6.07, 6.45) is 0. The van der Waals surface area contributed by atoms with E-state index in [9.17, 15) is 14.4 Å². The lowest BCUT2D eigenvalue weighted by Crippen LogP contribution is -2.30. The topological polar surface area (TPSA) is 71.4 Å². The Balaban J connectivity index is 1.62. The van der Waals surface area contributed by atoms with Crippen LogP contribution in [0.1, 0.15) is 16.7 Å². The van der Waals surface area contributed by atoms with Crippen LogP contribution in [0.5, 0.6) is 5.75 Å². The van der Waals surface area contributed by atoms with E-state index < -0.39 is 11.7 Å². The van der Waals surface area contributed by atoms with Gasteiger partial charge in [0.05, 0.1) is 18.8 Å². The number of hydrogen-bond donors (Lipinski definition) is 1. The molecule has 3 aromatic rings. The van der Waals surface area contributed by atoms with Crippen LogP contribution in [-0.2, 0) is 22.7 Å². The van der Waals surface area contributed by atoms with Gasteiger partial charge in [-0.3, -0.25) is 4.79 Å². The quantitative estimate of drug-likeness (QED) is 0.520. The molecule has 0 unspecified atom stereocenters. The fraction of sp³-hybridized carbons (Fsp3) is 0.143. The van der Waals surface area contributed by atoms with Crippen LogP contribution in [0.4, 0.5) is 10.1 Å². The monoisotopic (exact) mass is 410 g/mol.